The Balaban J connectivity index is 1.65. The molecule has 2 fully saturated rings. The average Bonchev–Trinajstić information content (AvgIpc) is 2.28. The highest BCUT2D eigenvalue weighted by Crippen LogP contribution is 2.33. The van der Waals surface area contributed by atoms with E-state index in [0.717, 1.165) is 38.1 Å². The minimum absolute atomic E-state index is 0.441. The number of rotatable bonds is 5. The van der Waals surface area contributed by atoms with Gasteiger partial charge in [-0.25, -0.2) is 0 Å². The third-order valence-electron chi connectivity index (χ3n) is 4.76. The van der Waals surface area contributed by atoms with Gasteiger partial charge in [0, 0.05) is 19.7 Å². The van der Waals surface area contributed by atoms with E-state index in [1.54, 1.807) is 7.11 Å². The molecule has 100 valence electrons. The molecule has 2 N–H and O–H groups in total. The number of nitrogens with one attached hydrogen (secondary N) is 1. The molecule has 0 radical (unpaired) electrons. The van der Waals surface area contributed by atoms with Gasteiger partial charge in [-0.2, -0.15) is 0 Å². The molecule has 0 atom stereocenters. The largest absolute Gasteiger partial charge is 0.389 e. The van der Waals surface area contributed by atoms with Crippen LogP contribution in [0.5, 0.6) is 0 Å². The van der Waals surface area contributed by atoms with Crippen LogP contribution in [0.15, 0.2) is 0 Å². The maximum Gasteiger partial charge on any atom is 0.0771 e. The summed E-state index contributed by atoms with van der Waals surface area (Å²) in [4.78, 5) is 0. The minimum Gasteiger partial charge on any atom is -0.389 e. The molecule has 3 nitrogen and oxygen atoms in total. The summed E-state index contributed by atoms with van der Waals surface area (Å²) in [6, 6.07) is 0.563. The molecule has 2 aliphatic rings. The van der Waals surface area contributed by atoms with Crippen molar-refractivity contribution in [2.75, 3.05) is 13.7 Å². The Morgan fingerprint density at radius 2 is 1.94 bits per heavy atom. The number of ether oxygens (including phenoxy) is 1. The fourth-order valence-electron chi connectivity index (χ4n) is 3.06. The molecule has 0 unspecified atom stereocenters. The van der Waals surface area contributed by atoms with Gasteiger partial charge < -0.3 is 15.2 Å². The van der Waals surface area contributed by atoms with Crippen molar-refractivity contribution >= 4 is 0 Å². The van der Waals surface area contributed by atoms with Crippen LogP contribution in [0.2, 0.25) is 0 Å². The number of aliphatic hydroxyl groups is 1. The van der Waals surface area contributed by atoms with Crippen molar-refractivity contribution in [3.8, 4) is 0 Å². The fraction of sp³-hybridized carbons (Fsp3) is 1.00. The number of methoxy groups -OCH3 is 1. The van der Waals surface area contributed by atoms with Crippen molar-refractivity contribution in [1.82, 2.24) is 5.32 Å². The molecule has 0 bridgehead atoms. The maximum absolute atomic E-state index is 10.5. The summed E-state index contributed by atoms with van der Waals surface area (Å²) in [5, 5.41) is 14.0. The molecule has 17 heavy (non-hydrogen) atoms. The van der Waals surface area contributed by atoms with Crippen molar-refractivity contribution in [3.05, 3.63) is 0 Å². The molecule has 0 aromatic heterocycles. The van der Waals surface area contributed by atoms with Gasteiger partial charge in [-0.05, 0) is 44.4 Å². The molecule has 0 aromatic carbocycles. The zero-order valence-corrected chi connectivity index (χ0v) is 11.2. The Morgan fingerprint density at radius 3 is 2.47 bits per heavy atom. The second kappa shape index (κ2) is 5.68. The van der Waals surface area contributed by atoms with E-state index in [1.807, 2.05) is 0 Å². The first-order valence-corrected chi connectivity index (χ1v) is 7.14. The molecular formula is C14H27NO2. The Morgan fingerprint density at radius 1 is 1.29 bits per heavy atom. The zero-order chi connectivity index (χ0) is 12.3. The van der Waals surface area contributed by atoms with Crippen LogP contribution in [-0.2, 0) is 4.74 Å². The molecule has 0 aliphatic heterocycles. The topological polar surface area (TPSA) is 41.5 Å². The van der Waals surface area contributed by atoms with E-state index in [1.165, 1.54) is 19.3 Å². The molecule has 0 heterocycles. The van der Waals surface area contributed by atoms with Gasteiger partial charge in [0.1, 0.15) is 0 Å². The summed E-state index contributed by atoms with van der Waals surface area (Å²) >= 11 is 0. The summed E-state index contributed by atoms with van der Waals surface area (Å²) < 4.78 is 5.26. The lowest BCUT2D eigenvalue weighted by atomic mass is 9.77. The summed E-state index contributed by atoms with van der Waals surface area (Å²) in [6.45, 7) is 3.02. The summed E-state index contributed by atoms with van der Waals surface area (Å²) in [6.07, 6.45) is 8.24. The van der Waals surface area contributed by atoms with Crippen molar-refractivity contribution in [2.45, 2.75) is 69.6 Å². The van der Waals surface area contributed by atoms with Crippen LogP contribution in [-0.4, -0.2) is 36.5 Å². The van der Waals surface area contributed by atoms with Gasteiger partial charge in [-0.1, -0.05) is 13.3 Å². The van der Waals surface area contributed by atoms with Gasteiger partial charge in [0.25, 0.3) is 0 Å². The molecule has 0 aromatic rings. The highest BCUT2D eigenvalue weighted by molar-refractivity contribution is 4.92. The van der Waals surface area contributed by atoms with E-state index in [-0.39, 0.29) is 0 Å². The Bertz CT molecular complexity index is 230. The molecule has 0 amide bonds. The summed E-state index contributed by atoms with van der Waals surface area (Å²) in [5.74, 6) is 0.844. The number of hydrogen-bond acceptors (Lipinski definition) is 3. The number of hydrogen-bond donors (Lipinski definition) is 2. The fourth-order valence-corrected chi connectivity index (χ4v) is 3.06. The molecular weight excluding hydrogens is 214 g/mol. The molecule has 2 saturated carbocycles. The molecule has 0 saturated heterocycles. The average molecular weight is 241 g/mol. The predicted molar refractivity (Wildman–Crippen MR) is 69.0 cm³/mol. The third kappa shape index (κ3) is 3.43. The van der Waals surface area contributed by atoms with Gasteiger partial charge in [-0.15, -0.1) is 0 Å². The van der Waals surface area contributed by atoms with Crippen LogP contribution >= 0.6 is 0 Å². The first-order valence-electron chi connectivity index (χ1n) is 7.14. The van der Waals surface area contributed by atoms with Gasteiger partial charge >= 0.3 is 0 Å². The monoisotopic (exact) mass is 241 g/mol. The zero-order valence-electron chi connectivity index (χ0n) is 11.2. The first-order chi connectivity index (χ1) is 8.15. The van der Waals surface area contributed by atoms with Crippen LogP contribution in [0, 0.1) is 5.92 Å². The first kappa shape index (κ1) is 13.3. The highest BCUT2D eigenvalue weighted by Gasteiger charge is 2.35. The van der Waals surface area contributed by atoms with Gasteiger partial charge in [0.15, 0.2) is 0 Å². The van der Waals surface area contributed by atoms with Gasteiger partial charge in [0.2, 0.25) is 0 Å². The van der Waals surface area contributed by atoms with Crippen molar-refractivity contribution in [2.24, 2.45) is 5.92 Å². The lowest BCUT2D eigenvalue weighted by Crippen LogP contribution is -2.52. The second-order valence-electron chi connectivity index (χ2n) is 5.98. The van der Waals surface area contributed by atoms with Crippen molar-refractivity contribution < 1.29 is 9.84 Å². The SMILES string of the molecule is CCC1CCC(O)(CNC2CC(OC)C2)CC1. The van der Waals surface area contributed by atoms with Crippen LogP contribution < -0.4 is 5.32 Å². The molecule has 3 heteroatoms. The van der Waals surface area contributed by atoms with Gasteiger partial charge in [-0.3, -0.25) is 0 Å². The van der Waals surface area contributed by atoms with E-state index in [2.05, 4.69) is 12.2 Å². The van der Waals surface area contributed by atoms with E-state index >= 15 is 0 Å². The van der Waals surface area contributed by atoms with Crippen LogP contribution in [0.4, 0.5) is 0 Å². The molecule has 2 rings (SSSR count). The van der Waals surface area contributed by atoms with E-state index in [0.29, 0.717) is 12.1 Å². The van der Waals surface area contributed by atoms with Crippen LogP contribution in [0.3, 0.4) is 0 Å². The van der Waals surface area contributed by atoms with E-state index in [9.17, 15) is 5.11 Å². The lowest BCUT2D eigenvalue weighted by Gasteiger charge is -2.40. The Kier molecular flexibility index (Phi) is 4.45. The summed E-state index contributed by atoms with van der Waals surface area (Å²) in [7, 11) is 1.78. The Hall–Kier alpha value is -0.120. The van der Waals surface area contributed by atoms with Crippen molar-refractivity contribution in [1.29, 1.82) is 0 Å². The standard InChI is InChI=1S/C14H27NO2/c1-3-11-4-6-14(16,7-5-11)10-15-12-8-13(9-12)17-2/h11-13,15-16H,3-10H2,1-2H3. The third-order valence-corrected chi connectivity index (χ3v) is 4.76. The highest BCUT2D eigenvalue weighted by atomic mass is 16.5. The molecule has 0 spiro atoms. The smallest absolute Gasteiger partial charge is 0.0771 e. The van der Waals surface area contributed by atoms with Crippen molar-refractivity contribution in [3.63, 3.8) is 0 Å². The normalized spacial score (nSPS) is 42.2. The van der Waals surface area contributed by atoms with Crippen LogP contribution in [0.25, 0.3) is 0 Å². The predicted octanol–water partition coefficient (Wildman–Crippen LogP) is 2.08. The quantitative estimate of drug-likeness (QED) is 0.774. The van der Waals surface area contributed by atoms with Crippen LogP contribution in [0.1, 0.15) is 51.9 Å². The van der Waals surface area contributed by atoms with Gasteiger partial charge in [0.05, 0.1) is 11.7 Å². The minimum atomic E-state index is -0.441. The summed E-state index contributed by atoms with van der Waals surface area (Å²) in [5.41, 5.74) is -0.441. The second-order valence-corrected chi connectivity index (χ2v) is 5.98. The molecule has 2 aliphatic carbocycles. The maximum atomic E-state index is 10.5. The Labute approximate surface area is 105 Å². The van der Waals surface area contributed by atoms with E-state index in [4.69, 9.17) is 4.74 Å². The lowest BCUT2D eigenvalue weighted by molar-refractivity contribution is -0.0260. The van der Waals surface area contributed by atoms with E-state index < -0.39 is 5.60 Å².